The minimum absolute atomic E-state index is 0. The molecule has 1 amide bonds. The Morgan fingerprint density at radius 1 is 1.29 bits per heavy atom. The van der Waals surface area contributed by atoms with Crippen LogP contribution in [0.4, 0.5) is 0 Å². The fraction of sp³-hybridized carbons (Fsp3) is 0.450. The molecule has 31 heavy (non-hydrogen) atoms. The number of carbonyl (C=O) groups excluding carboxylic acids is 1. The number of aromatic nitrogens is 6. The standard InChI is InChI=1S/C20H26N8O2.ClH/c1-13-9-26(10-16-23-24-17(12-30-3)28(13)16)18(29)11-27-20(14(2)21)22-19(25-27)15-7-5-4-6-8-15;/h4-8,13-14H,9-12,21H2,1-3H3;1H/t13-,14-;/m0./s1. The summed E-state index contributed by atoms with van der Waals surface area (Å²) in [7, 11) is 1.63. The second-order valence-corrected chi connectivity index (χ2v) is 7.56. The molecule has 0 spiro atoms. The van der Waals surface area contributed by atoms with E-state index in [0.29, 0.717) is 31.3 Å². The molecule has 0 saturated heterocycles. The van der Waals surface area contributed by atoms with E-state index in [1.165, 1.54) is 0 Å². The topological polar surface area (TPSA) is 117 Å². The van der Waals surface area contributed by atoms with Gasteiger partial charge in [-0.25, -0.2) is 9.67 Å². The minimum atomic E-state index is -0.345. The summed E-state index contributed by atoms with van der Waals surface area (Å²) in [5, 5.41) is 13.0. The van der Waals surface area contributed by atoms with Gasteiger partial charge in [0.05, 0.1) is 18.6 Å². The molecular formula is C20H27ClN8O2. The Morgan fingerprint density at radius 3 is 2.71 bits per heavy atom. The highest BCUT2D eigenvalue weighted by molar-refractivity contribution is 5.85. The fourth-order valence-electron chi connectivity index (χ4n) is 3.78. The SMILES string of the molecule is COCc1nnc2n1[C@@H](C)CN(C(=O)Cn1nc(-c3ccccc3)nc1[C@H](C)N)C2.Cl. The monoisotopic (exact) mass is 446 g/mol. The Labute approximate surface area is 186 Å². The van der Waals surface area contributed by atoms with Crippen molar-refractivity contribution in [2.24, 2.45) is 5.73 Å². The number of fused-ring (bicyclic) bond motifs is 1. The van der Waals surface area contributed by atoms with Gasteiger partial charge in [0.1, 0.15) is 19.0 Å². The summed E-state index contributed by atoms with van der Waals surface area (Å²) in [6.07, 6.45) is 0. The van der Waals surface area contributed by atoms with E-state index in [1.54, 1.807) is 16.7 Å². The van der Waals surface area contributed by atoms with Gasteiger partial charge in [0, 0.05) is 19.2 Å². The van der Waals surface area contributed by atoms with Crippen molar-refractivity contribution in [2.75, 3.05) is 13.7 Å². The van der Waals surface area contributed by atoms with Crippen molar-refractivity contribution in [1.82, 2.24) is 34.4 Å². The molecule has 166 valence electrons. The van der Waals surface area contributed by atoms with Crippen molar-refractivity contribution >= 4 is 18.3 Å². The molecule has 0 aliphatic carbocycles. The van der Waals surface area contributed by atoms with Gasteiger partial charge in [-0.15, -0.1) is 22.6 Å². The number of amides is 1. The molecule has 11 heteroatoms. The first-order chi connectivity index (χ1) is 14.5. The van der Waals surface area contributed by atoms with E-state index >= 15 is 0 Å². The first kappa shape index (κ1) is 22.9. The van der Waals surface area contributed by atoms with E-state index in [9.17, 15) is 4.79 Å². The lowest BCUT2D eigenvalue weighted by Crippen LogP contribution is -2.42. The van der Waals surface area contributed by atoms with Crippen LogP contribution < -0.4 is 5.73 Å². The Morgan fingerprint density at radius 2 is 2.03 bits per heavy atom. The van der Waals surface area contributed by atoms with Crippen molar-refractivity contribution < 1.29 is 9.53 Å². The Kier molecular flexibility index (Phi) is 7.04. The maximum absolute atomic E-state index is 13.1. The normalized spacial score (nSPS) is 16.5. The van der Waals surface area contributed by atoms with Gasteiger partial charge in [-0.3, -0.25) is 4.79 Å². The highest BCUT2D eigenvalue weighted by Crippen LogP contribution is 2.23. The van der Waals surface area contributed by atoms with Gasteiger partial charge in [-0.1, -0.05) is 30.3 Å². The third kappa shape index (κ3) is 4.60. The quantitative estimate of drug-likeness (QED) is 0.612. The molecule has 4 rings (SSSR count). The van der Waals surface area contributed by atoms with Crippen LogP contribution in [0.3, 0.4) is 0 Å². The maximum atomic E-state index is 13.1. The number of methoxy groups -OCH3 is 1. The van der Waals surface area contributed by atoms with E-state index in [-0.39, 0.29) is 36.9 Å². The average Bonchev–Trinajstić information content (AvgIpc) is 3.34. The number of hydrogen-bond acceptors (Lipinski definition) is 7. The molecule has 2 atom stereocenters. The van der Waals surface area contributed by atoms with Crippen molar-refractivity contribution in [2.45, 2.75) is 45.6 Å². The van der Waals surface area contributed by atoms with E-state index in [2.05, 4.69) is 20.3 Å². The van der Waals surface area contributed by atoms with Gasteiger partial charge < -0.3 is 19.9 Å². The van der Waals surface area contributed by atoms with Crippen molar-refractivity contribution in [3.05, 3.63) is 47.8 Å². The minimum Gasteiger partial charge on any atom is -0.377 e. The van der Waals surface area contributed by atoms with Gasteiger partial charge in [0.2, 0.25) is 5.91 Å². The predicted octanol–water partition coefficient (Wildman–Crippen LogP) is 1.73. The summed E-state index contributed by atoms with van der Waals surface area (Å²) in [5.41, 5.74) is 6.98. The smallest absolute Gasteiger partial charge is 0.244 e. The van der Waals surface area contributed by atoms with E-state index < -0.39 is 0 Å². The third-order valence-corrected chi connectivity index (χ3v) is 5.15. The van der Waals surface area contributed by atoms with Crippen LogP contribution in [0.1, 0.15) is 43.4 Å². The molecular weight excluding hydrogens is 420 g/mol. The van der Waals surface area contributed by atoms with E-state index in [4.69, 9.17) is 10.5 Å². The molecule has 0 bridgehead atoms. The van der Waals surface area contributed by atoms with Gasteiger partial charge in [-0.05, 0) is 13.8 Å². The van der Waals surface area contributed by atoms with Gasteiger partial charge in [0.15, 0.2) is 17.5 Å². The van der Waals surface area contributed by atoms with Gasteiger partial charge in [-0.2, -0.15) is 5.10 Å². The number of nitrogens with two attached hydrogens (primary N) is 1. The van der Waals surface area contributed by atoms with Crippen LogP contribution in [0.25, 0.3) is 11.4 Å². The molecule has 3 heterocycles. The highest BCUT2D eigenvalue weighted by atomic mass is 35.5. The summed E-state index contributed by atoms with van der Waals surface area (Å²) in [6, 6.07) is 9.37. The van der Waals surface area contributed by atoms with Crippen LogP contribution >= 0.6 is 12.4 Å². The Hall–Kier alpha value is -2.82. The number of nitrogens with zero attached hydrogens (tertiary/aromatic N) is 7. The zero-order valence-corrected chi connectivity index (χ0v) is 18.6. The Bertz CT molecular complexity index is 1030. The molecule has 0 saturated carbocycles. The first-order valence-corrected chi connectivity index (χ1v) is 9.93. The lowest BCUT2D eigenvalue weighted by Gasteiger charge is -2.32. The summed E-state index contributed by atoms with van der Waals surface area (Å²) < 4.78 is 8.85. The summed E-state index contributed by atoms with van der Waals surface area (Å²) >= 11 is 0. The van der Waals surface area contributed by atoms with Crippen LogP contribution in [0, 0.1) is 0 Å². The number of halogens is 1. The van der Waals surface area contributed by atoms with Crippen LogP contribution in [0.2, 0.25) is 0 Å². The molecule has 1 aliphatic heterocycles. The molecule has 2 aromatic heterocycles. The Balaban J connectivity index is 0.00000272. The summed E-state index contributed by atoms with van der Waals surface area (Å²) in [5.74, 6) is 2.61. The molecule has 0 unspecified atom stereocenters. The van der Waals surface area contributed by atoms with Gasteiger partial charge >= 0.3 is 0 Å². The number of carbonyl (C=O) groups is 1. The lowest BCUT2D eigenvalue weighted by molar-refractivity contribution is -0.134. The third-order valence-electron chi connectivity index (χ3n) is 5.15. The molecule has 10 nitrogen and oxygen atoms in total. The zero-order chi connectivity index (χ0) is 21.3. The largest absolute Gasteiger partial charge is 0.377 e. The van der Waals surface area contributed by atoms with Crippen molar-refractivity contribution in [3.63, 3.8) is 0 Å². The maximum Gasteiger partial charge on any atom is 0.244 e. The number of hydrogen-bond donors (Lipinski definition) is 1. The summed E-state index contributed by atoms with van der Waals surface area (Å²) in [4.78, 5) is 19.4. The first-order valence-electron chi connectivity index (χ1n) is 9.93. The molecule has 2 N–H and O–H groups in total. The van der Waals surface area contributed by atoms with Crippen molar-refractivity contribution in [1.29, 1.82) is 0 Å². The molecule has 0 fully saturated rings. The molecule has 0 radical (unpaired) electrons. The van der Waals surface area contributed by atoms with Crippen LogP contribution in [0.5, 0.6) is 0 Å². The van der Waals surface area contributed by atoms with Crippen LogP contribution in [0.15, 0.2) is 30.3 Å². The van der Waals surface area contributed by atoms with Crippen LogP contribution in [-0.4, -0.2) is 54.0 Å². The molecule has 1 aromatic carbocycles. The van der Waals surface area contributed by atoms with E-state index in [1.807, 2.05) is 48.7 Å². The second kappa shape index (κ2) is 9.54. The fourth-order valence-corrected chi connectivity index (χ4v) is 3.78. The lowest BCUT2D eigenvalue weighted by atomic mass is 10.2. The molecule has 3 aromatic rings. The highest BCUT2D eigenvalue weighted by Gasteiger charge is 2.30. The number of benzene rings is 1. The zero-order valence-electron chi connectivity index (χ0n) is 17.8. The van der Waals surface area contributed by atoms with Gasteiger partial charge in [0.25, 0.3) is 0 Å². The number of ether oxygens (including phenoxy) is 1. The predicted molar refractivity (Wildman–Crippen MR) is 116 cm³/mol. The van der Waals surface area contributed by atoms with E-state index in [0.717, 1.165) is 17.2 Å². The van der Waals surface area contributed by atoms with Crippen molar-refractivity contribution in [3.8, 4) is 11.4 Å². The number of rotatable bonds is 6. The second-order valence-electron chi connectivity index (χ2n) is 7.56. The average molecular weight is 447 g/mol. The summed E-state index contributed by atoms with van der Waals surface area (Å²) in [6.45, 7) is 5.30. The van der Waals surface area contributed by atoms with Crippen LogP contribution in [-0.2, 0) is 29.2 Å². The molecule has 1 aliphatic rings.